The maximum Gasteiger partial charge on any atom is 0.253 e. The van der Waals surface area contributed by atoms with Gasteiger partial charge in [0.15, 0.2) is 0 Å². The summed E-state index contributed by atoms with van der Waals surface area (Å²) >= 11 is 3.35. The van der Waals surface area contributed by atoms with Gasteiger partial charge in [0.05, 0.1) is 5.75 Å². The fourth-order valence-corrected chi connectivity index (χ4v) is 4.60. The lowest BCUT2D eigenvalue weighted by atomic mass is 10.2. The van der Waals surface area contributed by atoms with Gasteiger partial charge in [-0.1, -0.05) is 46.3 Å². The van der Waals surface area contributed by atoms with Crippen molar-refractivity contribution in [3.05, 3.63) is 70.2 Å². The van der Waals surface area contributed by atoms with E-state index < -0.39 is 10.0 Å². The van der Waals surface area contributed by atoms with Gasteiger partial charge < -0.3 is 4.90 Å². The molecule has 0 bridgehead atoms. The standard InChI is InChI=1S/C18H19BrN2O3S/c19-17-8-6-16(7-9-17)18(22)20-10-12-21(13-11-20)25(23,24)14-15-4-2-1-3-5-15/h1-9H,10-14H2. The number of nitrogens with zero attached hydrogens (tertiary/aromatic N) is 2. The first kappa shape index (κ1) is 18.1. The number of benzene rings is 2. The highest BCUT2D eigenvalue weighted by Crippen LogP contribution is 2.16. The Morgan fingerprint density at radius 3 is 2.12 bits per heavy atom. The van der Waals surface area contributed by atoms with E-state index in [2.05, 4.69) is 15.9 Å². The summed E-state index contributed by atoms with van der Waals surface area (Å²) in [5, 5.41) is 0. The lowest BCUT2D eigenvalue weighted by molar-refractivity contribution is 0.0698. The van der Waals surface area contributed by atoms with Crippen LogP contribution < -0.4 is 0 Å². The van der Waals surface area contributed by atoms with Crippen molar-refractivity contribution in [2.75, 3.05) is 26.2 Å². The third-order valence-corrected chi connectivity index (χ3v) is 6.58. The molecule has 7 heteroatoms. The quantitative estimate of drug-likeness (QED) is 0.760. The predicted molar refractivity (Wildman–Crippen MR) is 101 cm³/mol. The lowest BCUT2D eigenvalue weighted by Gasteiger charge is -2.34. The third kappa shape index (κ3) is 4.48. The SMILES string of the molecule is O=C(c1ccc(Br)cc1)N1CCN(S(=O)(=O)Cc2ccccc2)CC1. The minimum absolute atomic E-state index is 0.00546. The van der Waals surface area contributed by atoms with Crippen LogP contribution in [0.1, 0.15) is 15.9 Å². The van der Waals surface area contributed by atoms with E-state index in [0.29, 0.717) is 31.7 Å². The molecule has 0 saturated carbocycles. The van der Waals surface area contributed by atoms with Gasteiger partial charge >= 0.3 is 0 Å². The number of carbonyl (C=O) groups is 1. The number of piperazine rings is 1. The topological polar surface area (TPSA) is 57.7 Å². The van der Waals surface area contributed by atoms with Gasteiger partial charge in [0, 0.05) is 36.2 Å². The van der Waals surface area contributed by atoms with Crippen LogP contribution in [0, 0.1) is 0 Å². The van der Waals surface area contributed by atoms with E-state index in [0.717, 1.165) is 10.0 Å². The number of rotatable bonds is 4. The van der Waals surface area contributed by atoms with Crippen molar-refractivity contribution in [3.8, 4) is 0 Å². The lowest BCUT2D eigenvalue weighted by Crippen LogP contribution is -2.50. The van der Waals surface area contributed by atoms with Crippen molar-refractivity contribution >= 4 is 31.9 Å². The maximum absolute atomic E-state index is 12.6. The van der Waals surface area contributed by atoms with Gasteiger partial charge in [-0.15, -0.1) is 0 Å². The molecule has 25 heavy (non-hydrogen) atoms. The van der Waals surface area contributed by atoms with Gasteiger partial charge in [0.2, 0.25) is 10.0 Å². The van der Waals surface area contributed by atoms with Crippen LogP contribution in [0.25, 0.3) is 0 Å². The second-order valence-electron chi connectivity index (χ2n) is 5.94. The molecule has 1 heterocycles. The normalized spacial score (nSPS) is 16.0. The van der Waals surface area contributed by atoms with Crippen LogP contribution in [-0.4, -0.2) is 49.7 Å². The van der Waals surface area contributed by atoms with Gasteiger partial charge in [-0.2, -0.15) is 4.31 Å². The summed E-state index contributed by atoms with van der Waals surface area (Å²) in [5.41, 5.74) is 1.39. The summed E-state index contributed by atoms with van der Waals surface area (Å²) in [4.78, 5) is 14.2. The zero-order chi connectivity index (χ0) is 17.9. The van der Waals surface area contributed by atoms with E-state index in [9.17, 15) is 13.2 Å². The van der Waals surface area contributed by atoms with E-state index in [4.69, 9.17) is 0 Å². The Morgan fingerprint density at radius 1 is 0.920 bits per heavy atom. The van der Waals surface area contributed by atoms with E-state index in [-0.39, 0.29) is 11.7 Å². The molecule has 0 radical (unpaired) electrons. The molecule has 1 aliphatic heterocycles. The van der Waals surface area contributed by atoms with Crippen molar-refractivity contribution < 1.29 is 13.2 Å². The minimum Gasteiger partial charge on any atom is -0.336 e. The summed E-state index contributed by atoms with van der Waals surface area (Å²) < 4.78 is 27.5. The second-order valence-corrected chi connectivity index (χ2v) is 8.82. The molecule has 1 saturated heterocycles. The Balaban J connectivity index is 1.61. The molecule has 2 aromatic rings. The Kier molecular flexibility index (Phi) is 5.56. The maximum atomic E-state index is 12.6. The van der Waals surface area contributed by atoms with Crippen LogP contribution in [0.15, 0.2) is 59.1 Å². The number of hydrogen-bond donors (Lipinski definition) is 0. The Labute approximate surface area is 156 Å². The Hall–Kier alpha value is -1.70. The van der Waals surface area contributed by atoms with Crippen molar-refractivity contribution in [1.82, 2.24) is 9.21 Å². The van der Waals surface area contributed by atoms with Crippen molar-refractivity contribution in [1.29, 1.82) is 0 Å². The van der Waals surface area contributed by atoms with E-state index in [1.54, 1.807) is 17.0 Å². The number of halogens is 1. The molecule has 0 spiro atoms. The molecule has 2 aromatic carbocycles. The summed E-state index contributed by atoms with van der Waals surface area (Å²) in [6, 6.07) is 16.3. The Bertz CT molecular complexity index is 830. The molecule has 0 aliphatic carbocycles. The number of sulfonamides is 1. The second kappa shape index (κ2) is 7.68. The zero-order valence-corrected chi connectivity index (χ0v) is 16.0. The first-order valence-electron chi connectivity index (χ1n) is 8.02. The molecule has 3 rings (SSSR count). The molecule has 1 fully saturated rings. The molecule has 0 unspecified atom stereocenters. The van der Waals surface area contributed by atoms with Gasteiger partial charge in [-0.05, 0) is 29.8 Å². The largest absolute Gasteiger partial charge is 0.336 e. The first-order valence-corrected chi connectivity index (χ1v) is 10.4. The van der Waals surface area contributed by atoms with Crippen LogP contribution in [0.4, 0.5) is 0 Å². The van der Waals surface area contributed by atoms with Crippen molar-refractivity contribution in [2.24, 2.45) is 0 Å². The third-order valence-electron chi connectivity index (χ3n) is 4.20. The monoisotopic (exact) mass is 422 g/mol. The molecule has 1 aliphatic rings. The van der Waals surface area contributed by atoms with E-state index in [1.807, 2.05) is 42.5 Å². The summed E-state index contributed by atoms with van der Waals surface area (Å²) in [6.45, 7) is 1.47. The summed E-state index contributed by atoms with van der Waals surface area (Å²) in [6.07, 6.45) is 0. The summed E-state index contributed by atoms with van der Waals surface area (Å²) in [5.74, 6) is -0.0679. The van der Waals surface area contributed by atoms with E-state index >= 15 is 0 Å². The highest BCUT2D eigenvalue weighted by atomic mass is 79.9. The number of hydrogen-bond acceptors (Lipinski definition) is 3. The average Bonchev–Trinajstić information content (AvgIpc) is 2.62. The van der Waals surface area contributed by atoms with Crippen LogP contribution in [0.3, 0.4) is 0 Å². The van der Waals surface area contributed by atoms with Crippen LogP contribution >= 0.6 is 15.9 Å². The fourth-order valence-electron chi connectivity index (χ4n) is 2.82. The minimum atomic E-state index is -3.37. The fraction of sp³-hybridized carbons (Fsp3) is 0.278. The average molecular weight is 423 g/mol. The highest BCUT2D eigenvalue weighted by molar-refractivity contribution is 9.10. The van der Waals surface area contributed by atoms with E-state index in [1.165, 1.54) is 4.31 Å². The van der Waals surface area contributed by atoms with Gasteiger partial charge in [0.25, 0.3) is 5.91 Å². The first-order chi connectivity index (χ1) is 12.0. The Morgan fingerprint density at radius 2 is 1.52 bits per heavy atom. The molecular weight excluding hydrogens is 404 g/mol. The van der Waals surface area contributed by atoms with Gasteiger partial charge in [-0.3, -0.25) is 4.79 Å². The predicted octanol–water partition coefficient (Wildman–Crippen LogP) is 2.74. The molecule has 0 aromatic heterocycles. The highest BCUT2D eigenvalue weighted by Gasteiger charge is 2.29. The smallest absolute Gasteiger partial charge is 0.253 e. The van der Waals surface area contributed by atoms with Crippen LogP contribution in [0.2, 0.25) is 0 Å². The molecule has 1 amide bonds. The molecule has 5 nitrogen and oxygen atoms in total. The zero-order valence-electron chi connectivity index (χ0n) is 13.6. The molecule has 0 atom stereocenters. The van der Waals surface area contributed by atoms with Gasteiger partial charge in [0.1, 0.15) is 0 Å². The number of amides is 1. The summed E-state index contributed by atoms with van der Waals surface area (Å²) in [7, 11) is -3.37. The number of carbonyl (C=O) groups excluding carboxylic acids is 1. The molecular formula is C18H19BrN2O3S. The van der Waals surface area contributed by atoms with Gasteiger partial charge in [-0.25, -0.2) is 8.42 Å². The van der Waals surface area contributed by atoms with Crippen LogP contribution in [0.5, 0.6) is 0 Å². The molecule has 132 valence electrons. The van der Waals surface area contributed by atoms with Crippen molar-refractivity contribution in [3.63, 3.8) is 0 Å². The van der Waals surface area contributed by atoms with Crippen LogP contribution in [-0.2, 0) is 15.8 Å². The van der Waals surface area contributed by atoms with Crippen molar-refractivity contribution in [2.45, 2.75) is 5.75 Å². The molecule has 0 N–H and O–H groups in total.